The minimum atomic E-state index is -3.71. The van der Waals surface area contributed by atoms with Gasteiger partial charge in [-0.25, -0.2) is 8.42 Å². The van der Waals surface area contributed by atoms with Crippen LogP contribution in [0, 0.1) is 0 Å². The highest BCUT2D eigenvalue weighted by Crippen LogP contribution is 2.25. The van der Waals surface area contributed by atoms with Crippen molar-refractivity contribution >= 4 is 38.9 Å². The van der Waals surface area contributed by atoms with Gasteiger partial charge in [-0.3, -0.25) is 9.10 Å². The van der Waals surface area contributed by atoms with Crippen LogP contribution in [0.4, 0.5) is 11.4 Å². The summed E-state index contributed by atoms with van der Waals surface area (Å²) in [7, 11) is -3.71. The predicted molar refractivity (Wildman–Crippen MR) is 114 cm³/mol. The molecular formula is C20H23ClN2O4S. The van der Waals surface area contributed by atoms with Gasteiger partial charge in [-0.15, -0.1) is 0 Å². The SMILES string of the molecule is C=CCOc1cccc(NC(=O)[C@@H](CC)N(c2ccc(Cl)cc2)S(C)(=O)=O)c1. The molecule has 0 saturated heterocycles. The van der Waals surface area contributed by atoms with Crippen LogP contribution < -0.4 is 14.4 Å². The van der Waals surface area contributed by atoms with E-state index in [9.17, 15) is 13.2 Å². The lowest BCUT2D eigenvalue weighted by Gasteiger charge is -2.30. The van der Waals surface area contributed by atoms with Gasteiger partial charge in [0.1, 0.15) is 18.4 Å². The van der Waals surface area contributed by atoms with Gasteiger partial charge in [-0.2, -0.15) is 0 Å². The minimum Gasteiger partial charge on any atom is -0.489 e. The normalized spacial score (nSPS) is 12.1. The third-order valence-corrected chi connectivity index (χ3v) is 5.31. The van der Waals surface area contributed by atoms with Crippen molar-refractivity contribution in [3.8, 4) is 5.75 Å². The van der Waals surface area contributed by atoms with Crippen molar-refractivity contribution in [2.24, 2.45) is 0 Å². The fourth-order valence-electron chi connectivity index (χ4n) is 2.69. The Bertz CT molecular complexity index is 929. The molecule has 0 aliphatic carbocycles. The first-order chi connectivity index (χ1) is 13.3. The zero-order valence-electron chi connectivity index (χ0n) is 15.8. The average Bonchev–Trinajstić information content (AvgIpc) is 2.64. The van der Waals surface area contributed by atoms with Crippen molar-refractivity contribution in [2.75, 3.05) is 22.5 Å². The van der Waals surface area contributed by atoms with E-state index in [0.29, 0.717) is 28.8 Å². The monoisotopic (exact) mass is 422 g/mol. The average molecular weight is 423 g/mol. The summed E-state index contributed by atoms with van der Waals surface area (Å²) in [6.45, 7) is 5.68. The summed E-state index contributed by atoms with van der Waals surface area (Å²) >= 11 is 5.90. The van der Waals surface area contributed by atoms with Gasteiger partial charge in [-0.05, 0) is 42.8 Å². The Morgan fingerprint density at radius 2 is 1.96 bits per heavy atom. The van der Waals surface area contributed by atoms with Crippen molar-refractivity contribution in [3.05, 3.63) is 66.2 Å². The molecule has 0 aliphatic rings. The van der Waals surface area contributed by atoms with E-state index < -0.39 is 22.0 Å². The highest BCUT2D eigenvalue weighted by Gasteiger charge is 2.31. The van der Waals surface area contributed by atoms with Crippen molar-refractivity contribution in [3.63, 3.8) is 0 Å². The Labute approximate surface area is 170 Å². The molecule has 2 rings (SSSR count). The van der Waals surface area contributed by atoms with E-state index >= 15 is 0 Å². The summed E-state index contributed by atoms with van der Waals surface area (Å²) in [6.07, 6.45) is 2.98. The molecule has 0 fully saturated rings. The van der Waals surface area contributed by atoms with Crippen LogP contribution in [0.2, 0.25) is 5.02 Å². The zero-order valence-corrected chi connectivity index (χ0v) is 17.3. The van der Waals surface area contributed by atoms with Gasteiger partial charge in [0, 0.05) is 16.8 Å². The number of hydrogen-bond acceptors (Lipinski definition) is 4. The number of rotatable bonds is 9. The van der Waals surface area contributed by atoms with Crippen LogP contribution in [-0.2, 0) is 14.8 Å². The van der Waals surface area contributed by atoms with Crippen LogP contribution in [0.25, 0.3) is 0 Å². The maximum Gasteiger partial charge on any atom is 0.248 e. The number of benzene rings is 2. The molecule has 0 saturated carbocycles. The highest BCUT2D eigenvalue weighted by molar-refractivity contribution is 7.92. The second-order valence-electron chi connectivity index (χ2n) is 6.08. The van der Waals surface area contributed by atoms with E-state index in [1.165, 1.54) is 0 Å². The molecule has 2 aromatic rings. The molecule has 1 atom stereocenters. The summed E-state index contributed by atoms with van der Waals surface area (Å²) in [4.78, 5) is 12.9. The number of hydrogen-bond donors (Lipinski definition) is 1. The van der Waals surface area contributed by atoms with E-state index in [1.807, 2.05) is 0 Å². The third-order valence-electron chi connectivity index (χ3n) is 3.88. The fraction of sp³-hybridized carbons (Fsp3) is 0.250. The lowest BCUT2D eigenvalue weighted by Crippen LogP contribution is -2.46. The first-order valence-corrected chi connectivity index (χ1v) is 10.9. The number of anilines is 2. The van der Waals surface area contributed by atoms with Gasteiger partial charge < -0.3 is 10.1 Å². The molecule has 28 heavy (non-hydrogen) atoms. The van der Waals surface area contributed by atoms with Crippen LogP contribution in [0.1, 0.15) is 13.3 Å². The fourth-order valence-corrected chi connectivity index (χ4v) is 4.03. The molecular weight excluding hydrogens is 400 g/mol. The number of halogens is 1. The van der Waals surface area contributed by atoms with Crippen LogP contribution in [-0.4, -0.2) is 33.2 Å². The van der Waals surface area contributed by atoms with Gasteiger partial charge in [0.15, 0.2) is 0 Å². The first kappa shape index (κ1) is 21.8. The van der Waals surface area contributed by atoms with Crippen LogP contribution in [0.3, 0.4) is 0 Å². The highest BCUT2D eigenvalue weighted by atomic mass is 35.5. The molecule has 2 aromatic carbocycles. The van der Waals surface area contributed by atoms with Crippen molar-refractivity contribution in [2.45, 2.75) is 19.4 Å². The van der Waals surface area contributed by atoms with E-state index in [4.69, 9.17) is 16.3 Å². The molecule has 6 nitrogen and oxygen atoms in total. The maximum absolute atomic E-state index is 12.9. The van der Waals surface area contributed by atoms with Crippen molar-refractivity contribution < 1.29 is 17.9 Å². The summed E-state index contributed by atoms with van der Waals surface area (Å²) in [5.41, 5.74) is 0.881. The number of sulfonamides is 1. The Kier molecular flexibility index (Phi) is 7.48. The molecule has 0 radical (unpaired) electrons. The smallest absolute Gasteiger partial charge is 0.248 e. The van der Waals surface area contributed by atoms with E-state index in [2.05, 4.69) is 11.9 Å². The van der Waals surface area contributed by atoms with Crippen LogP contribution in [0.5, 0.6) is 5.75 Å². The number of amides is 1. The topological polar surface area (TPSA) is 75.7 Å². The molecule has 0 spiro atoms. The van der Waals surface area contributed by atoms with Crippen molar-refractivity contribution in [1.29, 1.82) is 0 Å². The third kappa shape index (κ3) is 5.74. The van der Waals surface area contributed by atoms with Crippen molar-refractivity contribution in [1.82, 2.24) is 0 Å². The molecule has 8 heteroatoms. The first-order valence-electron chi connectivity index (χ1n) is 8.66. The molecule has 0 bridgehead atoms. The summed E-state index contributed by atoms with van der Waals surface area (Å²) in [6, 6.07) is 12.3. The molecule has 0 aliphatic heterocycles. The Morgan fingerprint density at radius 3 is 2.54 bits per heavy atom. The Morgan fingerprint density at radius 1 is 1.29 bits per heavy atom. The number of carbonyl (C=O) groups is 1. The second-order valence-corrected chi connectivity index (χ2v) is 8.37. The second kappa shape index (κ2) is 9.61. The van der Waals surface area contributed by atoms with E-state index in [1.54, 1.807) is 61.5 Å². The standard InChI is InChI=1S/C20H23ClN2O4S/c1-4-13-27-18-8-6-7-16(14-18)22-20(24)19(5-2)23(28(3,25)26)17-11-9-15(21)10-12-17/h4,6-12,14,19H,1,5,13H2,2-3H3,(H,22,24)/t19-/m1/s1. The molecule has 0 unspecified atom stereocenters. The quantitative estimate of drug-likeness (QED) is 0.617. The summed E-state index contributed by atoms with van der Waals surface area (Å²) < 4.78 is 31.4. The van der Waals surface area contributed by atoms with Crippen LogP contribution in [0.15, 0.2) is 61.2 Å². The maximum atomic E-state index is 12.9. The molecule has 0 aromatic heterocycles. The van der Waals surface area contributed by atoms with Gasteiger partial charge in [0.2, 0.25) is 15.9 Å². The zero-order chi connectivity index (χ0) is 20.7. The number of ether oxygens (including phenoxy) is 1. The Balaban J connectivity index is 2.29. The predicted octanol–water partition coefficient (Wildman–Crippen LogP) is 4.09. The summed E-state index contributed by atoms with van der Waals surface area (Å²) in [5.74, 6) is 0.132. The lowest BCUT2D eigenvalue weighted by atomic mass is 10.1. The van der Waals surface area contributed by atoms with Gasteiger partial charge in [-0.1, -0.05) is 37.2 Å². The minimum absolute atomic E-state index is 0.286. The summed E-state index contributed by atoms with van der Waals surface area (Å²) in [5, 5.41) is 3.24. The molecule has 1 amide bonds. The van der Waals surface area contributed by atoms with Gasteiger partial charge in [0.25, 0.3) is 0 Å². The molecule has 1 N–H and O–H groups in total. The molecule has 0 heterocycles. The number of nitrogens with zero attached hydrogens (tertiary/aromatic N) is 1. The number of nitrogens with one attached hydrogen (secondary N) is 1. The largest absolute Gasteiger partial charge is 0.489 e. The van der Waals surface area contributed by atoms with Gasteiger partial charge >= 0.3 is 0 Å². The lowest BCUT2D eigenvalue weighted by molar-refractivity contribution is -0.117. The number of carbonyl (C=O) groups excluding carboxylic acids is 1. The molecule has 150 valence electrons. The van der Waals surface area contributed by atoms with Crippen LogP contribution >= 0.6 is 11.6 Å². The van der Waals surface area contributed by atoms with E-state index in [0.717, 1.165) is 10.6 Å². The van der Waals surface area contributed by atoms with Gasteiger partial charge in [0.05, 0.1) is 11.9 Å². The Hall–Kier alpha value is -2.51. The van der Waals surface area contributed by atoms with E-state index in [-0.39, 0.29) is 6.42 Å².